The molecule has 0 fully saturated rings. The van der Waals surface area contributed by atoms with Gasteiger partial charge in [0.05, 0.1) is 27.0 Å². The van der Waals surface area contributed by atoms with Crippen molar-refractivity contribution in [3.05, 3.63) is 59.9 Å². The van der Waals surface area contributed by atoms with Crippen LogP contribution in [0.3, 0.4) is 0 Å². The zero-order chi connectivity index (χ0) is 22.2. The third kappa shape index (κ3) is 3.11. The number of carbonyl (C=O) groups excluding carboxylic acids is 1. The van der Waals surface area contributed by atoms with Gasteiger partial charge in [-0.25, -0.2) is 0 Å². The second-order valence-corrected chi connectivity index (χ2v) is 7.52. The van der Waals surface area contributed by atoms with E-state index in [1.54, 1.807) is 27.5 Å². The van der Waals surface area contributed by atoms with E-state index in [2.05, 4.69) is 26.6 Å². The Bertz CT molecular complexity index is 1300. The molecule has 1 amide bonds. The van der Waals surface area contributed by atoms with Crippen molar-refractivity contribution in [1.29, 1.82) is 0 Å². The van der Waals surface area contributed by atoms with E-state index in [4.69, 9.17) is 14.2 Å². The number of hydrogen-bond donors (Lipinski definition) is 2. The Hall–Kier alpha value is -4.07. The summed E-state index contributed by atoms with van der Waals surface area (Å²) >= 11 is 0. The van der Waals surface area contributed by atoms with Gasteiger partial charge in [0.15, 0.2) is 17.3 Å². The Balaban J connectivity index is 1.72. The number of ether oxygens (including phenoxy) is 3. The number of H-pyrrole nitrogens is 1. The molecule has 0 spiro atoms. The molecule has 32 heavy (non-hydrogen) atoms. The van der Waals surface area contributed by atoms with E-state index in [9.17, 15) is 4.79 Å². The van der Waals surface area contributed by atoms with Crippen molar-refractivity contribution >= 4 is 22.5 Å². The van der Waals surface area contributed by atoms with Crippen LogP contribution < -0.4 is 19.5 Å². The highest BCUT2D eigenvalue weighted by Crippen LogP contribution is 2.46. The third-order valence-corrected chi connectivity index (χ3v) is 5.84. The van der Waals surface area contributed by atoms with Gasteiger partial charge in [0.1, 0.15) is 0 Å². The van der Waals surface area contributed by atoms with Gasteiger partial charge in [-0.1, -0.05) is 18.2 Å². The highest BCUT2D eigenvalue weighted by molar-refractivity contribution is 5.97. The quantitative estimate of drug-likeness (QED) is 0.494. The number of fused-ring (bicyclic) bond motifs is 2. The summed E-state index contributed by atoms with van der Waals surface area (Å²) in [5.74, 6) is 1.87. The van der Waals surface area contributed by atoms with Gasteiger partial charge >= 0.3 is 0 Å². The van der Waals surface area contributed by atoms with Crippen molar-refractivity contribution in [2.24, 2.45) is 0 Å². The molecule has 8 nitrogen and oxygen atoms in total. The van der Waals surface area contributed by atoms with Gasteiger partial charge in [0.2, 0.25) is 11.7 Å². The van der Waals surface area contributed by atoms with E-state index >= 15 is 0 Å². The van der Waals surface area contributed by atoms with Gasteiger partial charge in [-0.2, -0.15) is 5.10 Å². The summed E-state index contributed by atoms with van der Waals surface area (Å²) in [5.41, 5.74) is 3.57. The van der Waals surface area contributed by atoms with Crippen molar-refractivity contribution < 1.29 is 19.0 Å². The number of pyridine rings is 1. The lowest BCUT2D eigenvalue weighted by Gasteiger charge is -2.25. The van der Waals surface area contributed by atoms with E-state index in [-0.39, 0.29) is 11.8 Å². The van der Waals surface area contributed by atoms with E-state index in [1.165, 1.54) is 0 Å². The number of aromatic nitrogens is 3. The van der Waals surface area contributed by atoms with Crippen molar-refractivity contribution in [3.8, 4) is 28.5 Å². The maximum atomic E-state index is 12.5. The molecule has 1 atom stereocenters. The zero-order valence-electron chi connectivity index (χ0n) is 17.9. The Morgan fingerprint density at radius 1 is 1.03 bits per heavy atom. The number of hydrogen-bond acceptors (Lipinski definition) is 6. The summed E-state index contributed by atoms with van der Waals surface area (Å²) < 4.78 is 16.5. The Labute approximate surface area is 184 Å². The summed E-state index contributed by atoms with van der Waals surface area (Å²) in [6.45, 7) is 0. The molecule has 3 heterocycles. The van der Waals surface area contributed by atoms with Crippen LogP contribution in [0.25, 0.3) is 22.0 Å². The van der Waals surface area contributed by atoms with Gasteiger partial charge in [-0.15, -0.1) is 0 Å². The van der Waals surface area contributed by atoms with Crippen LogP contribution in [0.1, 0.15) is 23.5 Å². The molecule has 0 aliphatic carbocycles. The molecule has 1 aliphatic rings. The fourth-order valence-electron chi connectivity index (χ4n) is 4.42. The number of benzene rings is 2. The van der Waals surface area contributed by atoms with Crippen LogP contribution in [-0.2, 0) is 4.79 Å². The van der Waals surface area contributed by atoms with Crippen molar-refractivity contribution in [1.82, 2.24) is 15.2 Å². The van der Waals surface area contributed by atoms with Gasteiger partial charge < -0.3 is 19.5 Å². The minimum Gasteiger partial charge on any atom is -0.493 e. The van der Waals surface area contributed by atoms with Gasteiger partial charge in [0, 0.05) is 41.2 Å². The molecule has 1 aliphatic heterocycles. The second kappa shape index (κ2) is 7.88. The molecule has 0 saturated heterocycles. The van der Waals surface area contributed by atoms with Crippen LogP contribution >= 0.6 is 0 Å². The normalized spacial score (nSPS) is 15.2. The average Bonchev–Trinajstić information content (AvgIpc) is 3.26. The van der Waals surface area contributed by atoms with E-state index in [1.807, 2.05) is 36.5 Å². The topological polar surface area (TPSA) is 98.4 Å². The number of rotatable bonds is 5. The van der Waals surface area contributed by atoms with E-state index in [0.717, 1.165) is 33.2 Å². The first-order valence-corrected chi connectivity index (χ1v) is 10.2. The number of carbonyl (C=O) groups is 1. The molecule has 0 saturated carbocycles. The number of nitrogens with zero attached hydrogens (tertiary/aromatic N) is 2. The van der Waals surface area contributed by atoms with Crippen molar-refractivity contribution in [2.75, 3.05) is 26.6 Å². The number of methoxy groups -OCH3 is 3. The van der Waals surface area contributed by atoms with Gasteiger partial charge in [-0.05, 0) is 29.1 Å². The number of aromatic amines is 1. The number of amides is 1. The lowest BCUT2D eigenvalue weighted by molar-refractivity contribution is -0.116. The first kappa shape index (κ1) is 19.9. The van der Waals surface area contributed by atoms with Crippen LogP contribution in [0.5, 0.6) is 17.2 Å². The van der Waals surface area contributed by atoms with Gasteiger partial charge in [0.25, 0.3) is 0 Å². The minimum atomic E-state index is -0.183. The molecule has 162 valence electrons. The third-order valence-electron chi connectivity index (χ3n) is 5.84. The van der Waals surface area contributed by atoms with Crippen LogP contribution in [-0.4, -0.2) is 42.4 Å². The van der Waals surface area contributed by atoms with Crippen molar-refractivity contribution in [2.45, 2.75) is 12.3 Å². The Morgan fingerprint density at radius 3 is 2.53 bits per heavy atom. The lowest BCUT2D eigenvalue weighted by Crippen LogP contribution is -2.23. The Kier molecular flexibility index (Phi) is 4.89. The zero-order valence-corrected chi connectivity index (χ0v) is 17.9. The molecule has 0 bridgehead atoms. The average molecular weight is 430 g/mol. The van der Waals surface area contributed by atoms with E-state index in [0.29, 0.717) is 29.5 Å². The second-order valence-electron chi connectivity index (χ2n) is 7.52. The maximum Gasteiger partial charge on any atom is 0.226 e. The monoisotopic (exact) mass is 430 g/mol. The first-order chi connectivity index (χ1) is 15.6. The molecule has 8 heteroatoms. The molecule has 2 aromatic carbocycles. The molecule has 4 aromatic rings. The number of anilines is 1. The smallest absolute Gasteiger partial charge is 0.226 e. The molecule has 5 rings (SSSR count). The molecule has 2 N–H and O–H groups in total. The van der Waals surface area contributed by atoms with Crippen molar-refractivity contribution in [3.63, 3.8) is 0 Å². The largest absolute Gasteiger partial charge is 0.493 e. The van der Waals surface area contributed by atoms with Crippen LogP contribution in [0, 0.1) is 0 Å². The highest BCUT2D eigenvalue weighted by Gasteiger charge is 2.33. The first-order valence-electron chi connectivity index (χ1n) is 10.2. The highest BCUT2D eigenvalue weighted by atomic mass is 16.5. The molecule has 1 unspecified atom stereocenters. The Morgan fingerprint density at radius 2 is 1.81 bits per heavy atom. The minimum absolute atomic E-state index is 0.0727. The van der Waals surface area contributed by atoms with Crippen LogP contribution in [0.4, 0.5) is 5.82 Å². The lowest BCUT2D eigenvalue weighted by atomic mass is 9.82. The predicted octanol–water partition coefficient (Wildman–Crippen LogP) is 4.12. The van der Waals surface area contributed by atoms with Crippen LogP contribution in [0.15, 0.2) is 48.8 Å². The summed E-state index contributed by atoms with van der Waals surface area (Å²) in [5, 5.41) is 12.5. The summed E-state index contributed by atoms with van der Waals surface area (Å²) in [4.78, 5) is 16.8. The SMILES string of the molecule is COc1cc(-c2[nH]nc3c2C(c2cccc4cnccc24)CC(=O)N3)cc(OC)c1OC. The maximum absolute atomic E-state index is 12.5. The fraction of sp³-hybridized carbons (Fsp3) is 0.208. The number of nitrogens with one attached hydrogen (secondary N) is 2. The predicted molar refractivity (Wildman–Crippen MR) is 121 cm³/mol. The summed E-state index contributed by atoms with van der Waals surface area (Å²) in [6, 6.07) is 11.8. The summed E-state index contributed by atoms with van der Waals surface area (Å²) in [7, 11) is 4.73. The van der Waals surface area contributed by atoms with Crippen LogP contribution in [0.2, 0.25) is 0 Å². The molecular formula is C24H22N4O4. The standard InChI is InChI=1S/C24H22N4O4/c1-30-18-9-14(10-19(31-2)23(18)32-3)22-21-17(11-20(29)26-24(21)28-27-22)16-6-4-5-13-12-25-8-7-15(13)16/h4-10,12,17H,11H2,1-3H3,(H2,26,27,28,29). The van der Waals surface area contributed by atoms with E-state index < -0.39 is 0 Å². The molecule has 0 radical (unpaired) electrons. The fourth-order valence-corrected chi connectivity index (χ4v) is 4.42. The molecule has 2 aromatic heterocycles. The van der Waals surface area contributed by atoms with Gasteiger partial charge in [-0.3, -0.25) is 14.9 Å². The summed E-state index contributed by atoms with van der Waals surface area (Å²) in [6.07, 6.45) is 3.91. The molecular weight excluding hydrogens is 408 g/mol.